The summed E-state index contributed by atoms with van der Waals surface area (Å²) in [5.74, 6) is -3.27. The van der Waals surface area contributed by atoms with Gasteiger partial charge in [0.15, 0.2) is 5.82 Å². The Morgan fingerprint density at radius 3 is 2.50 bits per heavy atom. The number of nitrogens with zero attached hydrogens (tertiary/aromatic N) is 2. The molecular formula is C21H18F5N3O3. The van der Waals surface area contributed by atoms with Crippen molar-refractivity contribution in [1.82, 2.24) is 9.78 Å². The van der Waals surface area contributed by atoms with Crippen LogP contribution in [0.5, 0.6) is 5.75 Å². The van der Waals surface area contributed by atoms with Crippen molar-refractivity contribution < 1.29 is 36.6 Å². The van der Waals surface area contributed by atoms with Gasteiger partial charge in [-0.1, -0.05) is 12.1 Å². The van der Waals surface area contributed by atoms with Gasteiger partial charge < -0.3 is 15.2 Å². The summed E-state index contributed by atoms with van der Waals surface area (Å²) in [6, 6.07) is 7.72. The molecule has 11 heteroatoms. The molecule has 6 nitrogen and oxygen atoms in total. The highest BCUT2D eigenvalue weighted by atomic mass is 19.4. The number of anilines is 1. The molecule has 1 amide bonds. The number of carbonyl (C=O) groups excluding carboxylic acids is 1. The molecule has 32 heavy (non-hydrogen) atoms. The molecule has 170 valence electrons. The predicted octanol–water partition coefficient (Wildman–Crippen LogP) is 4.24. The Balaban J connectivity index is 1.76. The molecular weight excluding hydrogens is 437 g/mol. The molecule has 0 aliphatic carbocycles. The number of carbonyl (C=O) groups is 1. The minimum atomic E-state index is -4.65. The van der Waals surface area contributed by atoms with Crippen LogP contribution in [0.15, 0.2) is 48.7 Å². The lowest BCUT2D eigenvalue weighted by atomic mass is 10.1. The zero-order chi connectivity index (χ0) is 23.3. The highest BCUT2D eigenvalue weighted by Gasteiger charge is 2.34. The summed E-state index contributed by atoms with van der Waals surface area (Å²) in [4.78, 5) is 12.1. The fourth-order valence-electron chi connectivity index (χ4n) is 2.89. The first-order chi connectivity index (χ1) is 15.2. The van der Waals surface area contributed by atoms with Crippen LogP contribution < -0.4 is 10.1 Å². The molecule has 0 aliphatic heterocycles. The van der Waals surface area contributed by atoms with E-state index in [1.807, 2.05) is 0 Å². The second-order valence-corrected chi connectivity index (χ2v) is 6.69. The van der Waals surface area contributed by atoms with Crippen LogP contribution in [0.1, 0.15) is 27.9 Å². The van der Waals surface area contributed by atoms with Gasteiger partial charge in [0.25, 0.3) is 5.91 Å². The minimum absolute atomic E-state index is 0.00913. The average Bonchev–Trinajstić information content (AvgIpc) is 3.15. The summed E-state index contributed by atoms with van der Waals surface area (Å²) < 4.78 is 74.3. The number of alkyl halides is 3. The number of nitrogens with one attached hydrogen (secondary N) is 1. The van der Waals surface area contributed by atoms with Gasteiger partial charge >= 0.3 is 6.18 Å². The van der Waals surface area contributed by atoms with Crippen LogP contribution in [-0.4, -0.2) is 34.0 Å². The zero-order valence-electron chi connectivity index (χ0n) is 16.5. The topological polar surface area (TPSA) is 76.4 Å². The van der Waals surface area contributed by atoms with E-state index < -0.39 is 34.8 Å². The van der Waals surface area contributed by atoms with Crippen LogP contribution in [0, 0.1) is 11.6 Å². The number of benzene rings is 2. The SMILES string of the molecule is O=C(Nc1ccn(Cc2ccc(OCCCO)cc2C(F)(F)F)n1)c1c(F)cccc1F. The standard InChI is InChI=1S/C21H18F5N3O3/c22-16-3-1-4-17(23)19(16)20(31)27-18-7-8-29(28-18)12-13-5-6-14(32-10-2-9-30)11-15(13)21(24,25)26/h1,3-8,11,30H,2,9-10,12H2,(H,27,28,31). The monoisotopic (exact) mass is 455 g/mol. The molecule has 0 radical (unpaired) electrons. The fraction of sp³-hybridized carbons (Fsp3) is 0.238. The van der Waals surface area contributed by atoms with Crippen LogP contribution in [0.4, 0.5) is 27.8 Å². The van der Waals surface area contributed by atoms with Gasteiger partial charge in [-0.15, -0.1) is 0 Å². The lowest BCUT2D eigenvalue weighted by Gasteiger charge is -2.15. The molecule has 3 rings (SSSR count). The van der Waals surface area contributed by atoms with Crippen molar-refractivity contribution in [3.63, 3.8) is 0 Å². The maximum absolute atomic E-state index is 13.7. The lowest BCUT2D eigenvalue weighted by Crippen LogP contribution is -2.17. The lowest BCUT2D eigenvalue weighted by molar-refractivity contribution is -0.138. The van der Waals surface area contributed by atoms with Crippen molar-refractivity contribution in [3.8, 4) is 5.75 Å². The number of amides is 1. The first-order valence-electron chi connectivity index (χ1n) is 9.41. The van der Waals surface area contributed by atoms with E-state index in [2.05, 4.69) is 10.4 Å². The molecule has 2 aromatic carbocycles. The first-order valence-corrected chi connectivity index (χ1v) is 9.41. The van der Waals surface area contributed by atoms with Gasteiger partial charge in [0, 0.05) is 25.3 Å². The van der Waals surface area contributed by atoms with E-state index in [1.54, 1.807) is 0 Å². The Morgan fingerprint density at radius 2 is 1.84 bits per heavy atom. The highest BCUT2D eigenvalue weighted by Crippen LogP contribution is 2.35. The number of halogens is 5. The molecule has 0 spiro atoms. The predicted molar refractivity (Wildman–Crippen MR) is 104 cm³/mol. The van der Waals surface area contributed by atoms with Gasteiger partial charge in [-0.05, 0) is 29.8 Å². The maximum atomic E-state index is 13.7. The largest absolute Gasteiger partial charge is 0.493 e. The summed E-state index contributed by atoms with van der Waals surface area (Å²) in [6.45, 7) is -0.362. The molecule has 0 saturated heterocycles. The average molecular weight is 455 g/mol. The molecule has 0 aliphatic rings. The van der Waals surface area contributed by atoms with Crippen LogP contribution in [0.3, 0.4) is 0 Å². The van der Waals surface area contributed by atoms with Gasteiger partial charge in [-0.3, -0.25) is 9.48 Å². The molecule has 3 aromatic rings. The third-order valence-electron chi connectivity index (χ3n) is 4.36. The van der Waals surface area contributed by atoms with Gasteiger partial charge in [0.2, 0.25) is 0 Å². The van der Waals surface area contributed by atoms with Crippen LogP contribution >= 0.6 is 0 Å². The molecule has 1 aromatic heterocycles. The van der Waals surface area contributed by atoms with Gasteiger partial charge in [-0.2, -0.15) is 18.3 Å². The summed E-state index contributed by atoms with van der Waals surface area (Å²) >= 11 is 0. The van der Waals surface area contributed by atoms with E-state index in [4.69, 9.17) is 9.84 Å². The molecule has 0 unspecified atom stereocenters. The number of hydrogen-bond acceptors (Lipinski definition) is 4. The molecule has 2 N–H and O–H groups in total. The number of aliphatic hydroxyl groups is 1. The quantitative estimate of drug-likeness (QED) is 0.394. The third kappa shape index (κ3) is 5.61. The smallest absolute Gasteiger partial charge is 0.416 e. The van der Waals surface area contributed by atoms with Crippen molar-refractivity contribution in [2.24, 2.45) is 0 Å². The Hall–Kier alpha value is -3.47. The Labute approximate surface area is 179 Å². The Kier molecular flexibility index (Phi) is 7.08. The Morgan fingerprint density at radius 1 is 1.12 bits per heavy atom. The summed E-state index contributed by atoms with van der Waals surface area (Å²) in [7, 11) is 0. The molecule has 0 bridgehead atoms. The molecule has 0 saturated carbocycles. The summed E-state index contributed by atoms with van der Waals surface area (Å²) in [5.41, 5.74) is -1.82. The normalized spacial score (nSPS) is 11.4. The summed E-state index contributed by atoms with van der Waals surface area (Å²) in [5, 5.41) is 14.9. The highest BCUT2D eigenvalue weighted by molar-refractivity contribution is 6.04. The number of aliphatic hydroxyl groups excluding tert-OH is 1. The summed E-state index contributed by atoms with van der Waals surface area (Å²) in [6.07, 6.45) is -3.06. The van der Waals surface area contributed by atoms with Crippen LogP contribution in [0.2, 0.25) is 0 Å². The van der Waals surface area contributed by atoms with E-state index in [-0.39, 0.29) is 43.3 Å². The van der Waals surface area contributed by atoms with Gasteiger partial charge in [-0.25, -0.2) is 8.78 Å². The van der Waals surface area contributed by atoms with Crippen LogP contribution in [-0.2, 0) is 12.7 Å². The molecule has 0 atom stereocenters. The van der Waals surface area contributed by atoms with Crippen molar-refractivity contribution in [2.75, 3.05) is 18.5 Å². The number of hydrogen-bond donors (Lipinski definition) is 2. The Bertz CT molecular complexity index is 1080. The van der Waals surface area contributed by atoms with Gasteiger partial charge in [0.05, 0.1) is 18.7 Å². The van der Waals surface area contributed by atoms with Crippen LogP contribution in [0.25, 0.3) is 0 Å². The van der Waals surface area contributed by atoms with Crippen molar-refractivity contribution in [1.29, 1.82) is 0 Å². The van der Waals surface area contributed by atoms with Crippen molar-refractivity contribution in [2.45, 2.75) is 19.1 Å². The second kappa shape index (κ2) is 9.77. The third-order valence-corrected chi connectivity index (χ3v) is 4.36. The van der Waals surface area contributed by atoms with E-state index in [9.17, 15) is 26.7 Å². The number of aromatic nitrogens is 2. The maximum Gasteiger partial charge on any atom is 0.416 e. The van der Waals surface area contributed by atoms with Crippen molar-refractivity contribution >= 4 is 11.7 Å². The number of ether oxygens (including phenoxy) is 1. The van der Waals surface area contributed by atoms with E-state index >= 15 is 0 Å². The fourth-order valence-corrected chi connectivity index (χ4v) is 2.89. The molecule has 1 heterocycles. The first kappa shape index (κ1) is 23.2. The van der Waals surface area contributed by atoms with E-state index in [0.717, 1.165) is 28.9 Å². The second-order valence-electron chi connectivity index (χ2n) is 6.69. The zero-order valence-corrected chi connectivity index (χ0v) is 16.5. The van der Waals surface area contributed by atoms with E-state index in [0.29, 0.717) is 0 Å². The van der Waals surface area contributed by atoms with Gasteiger partial charge in [0.1, 0.15) is 22.9 Å². The van der Waals surface area contributed by atoms with Crippen molar-refractivity contribution in [3.05, 3.63) is 77.0 Å². The van der Waals surface area contributed by atoms with E-state index in [1.165, 1.54) is 24.4 Å². The molecule has 0 fully saturated rings. The minimum Gasteiger partial charge on any atom is -0.493 e. The number of rotatable bonds is 8.